The second-order valence-electron chi connectivity index (χ2n) is 6.45. The average Bonchev–Trinajstić information content (AvgIpc) is 2.64. The molecule has 2 aliphatic heterocycles. The molecular weight excluding hydrogens is 322 g/mol. The lowest BCUT2D eigenvalue weighted by Gasteiger charge is -2.37. The maximum absolute atomic E-state index is 12.7. The van der Waals surface area contributed by atoms with Gasteiger partial charge in [0, 0.05) is 64.4 Å². The zero-order valence-corrected chi connectivity index (χ0v) is 14.8. The molecule has 8 heteroatoms. The number of likely N-dealkylation sites (tertiary alicyclic amines) is 1. The second kappa shape index (κ2) is 7.67. The molecule has 0 aliphatic carbocycles. The summed E-state index contributed by atoms with van der Waals surface area (Å²) < 4.78 is 5.42. The molecule has 1 aromatic heterocycles. The van der Waals surface area contributed by atoms with Crippen LogP contribution in [0.3, 0.4) is 0 Å². The van der Waals surface area contributed by atoms with Gasteiger partial charge in [0.05, 0.1) is 6.61 Å². The largest absolute Gasteiger partial charge is 0.478 e. The fourth-order valence-electron chi connectivity index (χ4n) is 3.25. The number of ether oxygens (including phenoxy) is 1. The van der Waals surface area contributed by atoms with Gasteiger partial charge in [0.15, 0.2) is 0 Å². The molecule has 1 aromatic rings. The van der Waals surface area contributed by atoms with Crippen LogP contribution >= 0.6 is 0 Å². The predicted octanol–water partition coefficient (Wildman–Crippen LogP) is 0.392. The highest BCUT2D eigenvalue weighted by atomic mass is 16.5. The third-order valence-corrected chi connectivity index (χ3v) is 4.79. The molecule has 136 valence electrons. The number of piperidine rings is 1. The van der Waals surface area contributed by atoms with Crippen LogP contribution in [0.2, 0.25) is 0 Å². The van der Waals surface area contributed by atoms with E-state index in [-0.39, 0.29) is 17.7 Å². The minimum Gasteiger partial charge on any atom is -0.478 e. The van der Waals surface area contributed by atoms with Crippen molar-refractivity contribution < 1.29 is 14.3 Å². The van der Waals surface area contributed by atoms with E-state index in [1.165, 1.54) is 0 Å². The van der Waals surface area contributed by atoms with Crippen LogP contribution in [0, 0.1) is 5.92 Å². The van der Waals surface area contributed by atoms with Gasteiger partial charge in [-0.05, 0) is 13.3 Å². The molecule has 8 nitrogen and oxygen atoms in total. The third-order valence-electron chi connectivity index (χ3n) is 4.79. The van der Waals surface area contributed by atoms with Gasteiger partial charge in [-0.2, -0.15) is 4.98 Å². The van der Waals surface area contributed by atoms with Crippen LogP contribution in [0.5, 0.6) is 5.88 Å². The van der Waals surface area contributed by atoms with Crippen molar-refractivity contribution in [2.75, 3.05) is 51.3 Å². The van der Waals surface area contributed by atoms with Crippen molar-refractivity contribution in [2.45, 2.75) is 19.8 Å². The fourth-order valence-corrected chi connectivity index (χ4v) is 3.25. The lowest BCUT2D eigenvalue weighted by Crippen LogP contribution is -2.52. The number of anilines is 1. The normalized spacial score (nSPS) is 21.4. The van der Waals surface area contributed by atoms with E-state index < -0.39 is 0 Å². The minimum atomic E-state index is -0.173. The Morgan fingerprint density at radius 2 is 2.04 bits per heavy atom. The van der Waals surface area contributed by atoms with Gasteiger partial charge in [-0.25, -0.2) is 4.98 Å². The molecule has 3 heterocycles. The fraction of sp³-hybridized carbons (Fsp3) is 0.647. The van der Waals surface area contributed by atoms with Gasteiger partial charge in [0.2, 0.25) is 23.6 Å². The van der Waals surface area contributed by atoms with Crippen LogP contribution < -0.4 is 9.64 Å². The molecule has 0 unspecified atom stereocenters. The van der Waals surface area contributed by atoms with E-state index in [2.05, 4.69) is 14.9 Å². The highest BCUT2D eigenvalue weighted by Crippen LogP contribution is 2.21. The number of hydrogen-bond donors (Lipinski definition) is 0. The Kier molecular flexibility index (Phi) is 5.35. The van der Waals surface area contributed by atoms with Crippen molar-refractivity contribution in [3.05, 3.63) is 12.3 Å². The van der Waals surface area contributed by atoms with Crippen LogP contribution in [0.4, 0.5) is 5.95 Å². The van der Waals surface area contributed by atoms with E-state index in [9.17, 15) is 9.59 Å². The summed E-state index contributed by atoms with van der Waals surface area (Å²) in [7, 11) is 1.79. The molecule has 2 saturated heterocycles. The summed E-state index contributed by atoms with van der Waals surface area (Å²) in [6.07, 6.45) is 2.77. The first kappa shape index (κ1) is 17.4. The van der Waals surface area contributed by atoms with E-state index in [1.807, 2.05) is 11.8 Å². The van der Waals surface area contributed by atoms with Crippen molar-refractivity contribution in [3.63, 3.8) is 0 Å². The number of rotatable bonds is 4. The molecule has 0 aromatic carbocycles. The van der Waals surface area contributed by atoms with Gasteiger partial charge in [-0.15, -0.1) is 0 Å². The Morgan fingerprint density at radius 1 is 1.28 bits per heavy atom. The SMILES string of the molecule is CCOc1ccnc(N2CCN(C(=O)[C@H]3CCN(C)C(=O)C3)CC2)n1. The molecule has 0 saturated carbocycles. The maximum atomic E-state index is 12.7. The monoisotopic (exact) mass is 347 g/mol. The van der Waals surface area contributed by atoms with Crippen LogP contribution in [0.1, 0.15) is 19.8 Å². The summed E-state index contributed by atoms with van der Waals surface area (Å²) >= 11 is 0. The topological polar surface area (TPSA) is 78.9 Å². The first-order valence-corrected chi connectivity index (χ1v) is 8.82. The van der Waals surface area contributed by atoms with Crippen LogP contribution in [0.15, 0.2) is 12.3 Å². The van der Waals surface area contributed by atoms with Gasteiger partial charge in [0.25, 0.3) is 0 Å². The summed E-state index contributed by atoms with van der Waals surface area (Å²) in [5, 5.41) is 0. The number of hydrogen-bond acceptors (Lipinski definition) is 6. The maximum Gasteiger partial charge on any atom is 0.228 e. The van der Waals surface area contributed by atoms with E-state index >= 15 is 0 Å². The van der Waals surface area contributed by atoms with E-state index in [0.29, 0.717) is 57.6 Å². The van der Waals surface area contributed by atoms with Gasteiger partial charge in [0.1, 0.15) is 0 Å². The Morgan fingerprint density at radius 3 is 2.72 bits per heavy atom. The van der Waals surface area contributed by atoms with Crippen molar-refractivity contribution in [3.8, 4) is 5.88 Å². The van der Waals surface area contributed by atoms with Crippen LogP contribution in [-0.2, 0) is 9.59 Å². The molecule has 2 amide bonds. The molecule has 0 N–H and O–H groups in total. The minimum absolute atomic E-state index is 0.0596. The molecule has 25 heavy (non-hydrogen) atoms. The zero-order chi connectivity index (χ0) is 17.8. The smallest absolute Gasteiger partial charge is 0.228 e. The molecule has 0 spiro atoms. The summed E-state index contributed by atoms with van der Waals surface area (Å²) in [5.74, 6) is 1.19. The van der Waals surface area contributed by atoms with Gasteiger partial charge in [-0.1, -0.05) is 0 Å². The van der Waals surface area contributed by atoms with Crippen LogP contribution in [0.25, 0.3) is 0 Å². The number of carbonyl (C=O) groups excluding carboxylic acids is 2. The Balaban J connectivity index is 1.55. The van der Waals surface area contributed by atoms with Crippen LogP contribution in [-0.4, -0.2) is 78.0 Å². The van der Waals surface area contributed by atoms with Crippen molar-refractivity contribution >= 4 is 17.8 Å². The van der Waals surface area contributed by atoms with E-state index in [4.69, 9.17) is 4.74 Å². The molecular formula is C17H25N5O3. The van der Waals surface area contributed by atoms with Gasteiger partial charge < -0.3 is 19.4 Å². The zero-order valence-electron chi connectivity index (χ0n) is 14.8. The first-order chi connectivity index (χ1) is 12.1. The standard InChI is InChI=1S/C17H25N5O3/c1-3-25-14-4-6-18-17(19-14)22-10-8-21(9-11-22)16(24)13-5-7-20(2)15(23)12-13/h4,6,13H,3,5,7-12H2,1-2H3/t13-/m0/s1. The lowest BCUT2D eigenvalue weighted by molar-refractivity contribution is -0.144. The van der Waals surface area contributed by atoms with Gasteiger partial charge >= 0.3 is 0 Å². The second-order valence-corrected chi connectivity index (χ2v) is 6.45. The van der Waals surface area contributed by atoms with E-state index in [0.717, 1.165) is 6.42 Å². The lowest BCUT2D eigenvalue weighted by atomic mass is 9.94. The summed E-state index contributed by atoms with van der Waals surface area (Å²) in [6.45, 7) is 5.76. The highest BCUT2D eigenvalue weighted by Gasteiger charge is 2.33. The number of aromatic nitrogens is 2. The van der Waals surface area contributed by atoms with Crippen molar-refractivity contribution in [1.82, 2.24) is 19.8 Å². The highest BCUT2D eigenvalue weighted by molar-refractivity contribution is 5.87. The number of amides is 2. The van der Waals surface area contributed by atoms with Crippen molar-refractivity contribution in [1.29, 1.82) is 0 Å². The molecule has 0 radical (unpaired) electrons. The molecule has 3 rings (SSSR count). The number of piperazine rings is 1. The Bertz CT molecular complexity index is 630. The third kappa shape index (κ3) is 4.00. The molecule has 1 atom stereocenters. The molecule has 2 aliphatic rings. The Labute approximate surface area is 147 Å². The molecule has 0 bridgehead atoms. The summed E-state index contributed by atoms with van der Waals surface area (Å²) in [4.78, 5) is 38.8. The summed E-state index contributed by atoms with van der Waals surface area (Å²) in [6, 6.07) is 1.74. The van der Waals surface area contributed by atoms with Gasteiger partial charge in [-0.3, -0.25) is 9.59 Å². The molecule has 2 fully saturated rings. The first-order valence-electron chi connectivity index (χ1n) is 8.82. The summed E-state index contributed by atoms with van der Waals surface area (Å²) in [5.41, 5.74) is 0. The predicted molar refractivity (Wildman–Crippen MR) is 92.4 cm³/mol. The van der Waals surface area contributed by atoms with E-state index in [1.54, 1.807) is 24.2 Å². The quantitative estimate of drug-likeness (QED) is 0.784. The number of carbonyl (C=O) groups is 2. The van der Waals surface area contributed by atoms with Crippen molar-refractivity contribution in [2.24, 2.45) is 5.92 Å². The average molecular weight is 347 g/mol. The number of nitrogens with zero attached hydrogens (tertiary/aromatic N) is 5. The Hall–Kier alpha value is -2.38.